The summed E-state index contributed by atoms with van der Waals surface area (Å²) in [6.07, 6.45) is 3.98. The van der Waals surface area contributed by atoms with Gasteiger partial charge in [0, 0.05) is 11.6 Å². The molecule has 0 radical (unpaired) electrons. The lowest BCUT2D eigenvalue weighted by molar-refractivity contribution is 0.0699. The van der Waals surface area contributed by atoms with Crippen LogP contribution in [0.1, 0.15) is 34.7 Å². The summed E-state index contributed by atoms with van der Waals surface area (Å²) in [4.78, 5) is 15.3. The molecule has 1 N–H and O–H groups in total. The number of aromatic carboxylic acids is 1. The predicted octanol–water partition coefficient (Wildman–Crippen LogP) is 2.81. The van der Waals surface area contributed by atoms with E-state index in [1.54, 1.807) is 12.3 Å². The number of carbonyl (C=O) groups is 1. The lowest BCUT2D eigenvalue weighted by atomic mass is 10.0. The fourth-order valence-corrected chi connectivity index (χ4v) is 2.02. The first-order valence-electron chi connectivity index (χ1n) is 5.37. The van der Waals surface area contributed by atoms with Crippen molar-refractivity contribution >= 4 is 16.9 Å². The van der Waals surface area contributed by atoms with E-state index < -0.39 is 5.97 Å². The zero-order valence-corrected chi connectivity index (χ0v) is 8.68. The number of fused-ring (bicyclic) bond motifs is 1. The van der Waals surface area contributed by atoms with Gasteiger partial charge in [0.15, 0.2) is 0 Å². The van der Waals surface area contributed by atoms with Crippen LogP contribution in [0.3, 0.4) is 0 Å². The number of benzene rings is 1. The molecule has 1 saturated carbocycles. The molecule has 1 aliphatic carbocycles. The van der Waals surface area contributed by atoms with Crippen molar-refractivity contribution in [1.82, 2.24) is 4.98 Å². The van der Waals surface area contributed by atoms with Crippen LogP contribution in [0, 0.1) is 0 Å². The molecule has 1 fully saturated rings. The minimum atomic E-state index is -0.889. The van der Waals surface area contributed by atoms with Gasteiger partial charge in [-0.05, 0) is 42.5 Å². The Bertz CT molecular complexity index is 573. The van der Waals surface area contributed by atoms with E-state index in [4.69, 9.17) is 5.11 Å². The SMILES string of the molecule is O=C(O)c1ccnc2ccc(C3CC3)cc12. The summed E-state index contributed by atoms with van der Waals surface area (Å²) in [7, 11) is 0. The monoisotopic (exact) mass is 213 g/mol. The average Bonchev–Trinajstić information content (AvgIpc) is 3.11. The maximum atomic E-state index is 11.1. The number of nitrogens with zero attached hydrogens (tertiary/aromatic N) is 1. The van der Waals surface area contributed by atoms with Crippen LogP contribution in [0.15, 0.2) is 30.5 Å². The molecule has 1 aliphatic rings. The van der Waals surface area contributed by atoms with Crippen molar-refractivity contribution in [2.24, 2.45) is 0 Å². The van der Waals surface area contributed by atoms with Gasteiger partial charge in [-0.15, -0.1) is 0 Å². The van der Waals surface area contributed by atoms with Gasteiger partial charge in [0.25, 0.3) is 0 Å². The number of hydrogen-bond acceptors (Lipinski definition) is 2. The van der Waals surface area contributed by atoms with E-state index in [9.17, 15) is 4.79 Å². The minimum Gasteiger partial charge on any atom is -0.478 e. The number of carboxylic acids is 1. The largest absolute Gasteiger partial charge is 0.478 e. The van der Waals surface area contributed by atoms with E-state index in [1.807, 2.05) is 12.1 Å². The standard InChI is InChI=1S/C13H11NO2/c15-13(16)10-5-6-14-12-4-3-9(7-11(10)12)8-1-2-8/h3-8H,1-2H2,(H,15,16). The third-order valence-corrected chi connectivity index (χ3v) is 3.04. The molecule has 2 aromatic rings. The second-order valence-corrected chi connectivity index (χ2v) is 4.21. The topological polar surface area (TPSA) is 50.2 Å². The van der Waals surface area contributed by atoms with Gasteiger partial charge in [-0.25, -0.2) is 4.79 Å². The zero-order chi connectivity index (χ0) is 11.1. The van der Waals surface area contributed by atoms with Gasteiger partial charge in [-0.3, -0.25) is 4.98 Å². The summed E-state index contributed by atoms with van der Waals surface area (Å²) < 4.78 is 0. The highest BCUT2D eigenvalue weighted by molar-refractivity contribution is 6.02. The molecule has 0 bridgehead atoms. The van der Waals surface area contributed by atoms with Gasteiger partial charge in [-0.2, -0.15) is 0 Å². The molecule has 0 amide bonds. The number of hydrogen-bond donors (Lipinski definition) is 1. The van der Waals surface area contributed by atoms with E-state index in [0.717, 1.165) is 10.9 Å². The molecule has 0 spiro atoms. The van der Waals surface area contributed by atoms with Gasteiger partial charge in [0.1, 0.15) is 0 Å². The van der Waals surface area contributed by atoms with E-state index in [2.05, 4.69) is 11.1 Å². The van der Waals surface area contributed by atoms with Crippen molar-refractivity contribution in [3.63, 3.8) is 0 Å². The summed E-state index contributed by atoms with van der Waals surface area (Å²) in [5, 5.41) is 9.85. The Hall–Kier alpha value is -1.90. The Morgan fingerprint density at radius 1 is 1.31 bits per heavy atom. The van der Waals surface area contributed by atoms with Crippen LogP contribution in [0.2, 0.25) is 0 Å². The van der Waals surface area contributed by atoms with E-state index in [1.165, 1.54) is 18.4 Å². The van der Waals surface area contributed by atoms with Crippen molar-refractivity contribution in [3.05, 3.63) is 41.6 Å². The third kappa shape index (κ3) is 1.45. The summed E-state index contributed by atoms with van der Waals surface area (Å²) in [5.41, 5.74) is 2.33. The van der Waals surface area contributed by atoms with Crippen molar-refractivity contribution in [2.75, 3.05) is 0 Å². The van der Waals surface area contributed by atoms with Crippen LogP contribution >= 0.6 is 0 Å². The summed E-state index contributed by atoms with van der Waals surface area (Å²) >= 11 is 0. The van der Waals surface area contributed by atoms with Crippen LogP contribution in [0.5, 0.6) is 0 Å². The fourth-order valence-electron chi connectivity index (χ4n) is 2.02. The smallest absolute Gasteiger partial charge is 0.336 e. The first-order valence-corrected chi connectivity index (χ1v) is 5.37. The van der Waals surface area contributed by atoms with E-state index in [0.29, 0.717) is 11.5 Å². The lowest BCUT2D eigenvalue weighted by Gasteiger charge is -2.04. The van der Waals surface area contributed by atoms with Crippen LogP contribution in [0.4, 0.5) is 0 Å². The predicted molar refractivity (Wildman–Crippen MR) is 60.7 cm³/mol. The molecule has 0 saturated heterocycles. The molecule has 0 aliphatic heterocycles. The van der Waals surface area contributed by atoms with Crippen LogP contribution < -0.4 is 0 Å². The van der Waals surface area contributed by atoms with Crippen molar-refractivity contribution < 1.29 is 9.90 Å². The maximum Gasteiger partial charge on any atom is 0.336 e. The molecule has 0 atom stereocenters. The maximum absolute atomic E-state index is 11.1. The molecule has 3 nitrogen and oxygen atoms in total. The molecule has 1 aromatic carbocycles. The summed E-state index contributed by atoms with van der Waals surface area (Å²) in [6, 6.07) is 7.50. The molecule has 3 heteroatoms. The molecular weight excluding hydrogens is 202 g/mol. The molecule has 1 heterocycles. The first-order chi connectivity index (χ1) is 7.75. The van der Waals surface area contributed by atoms with E-state index in [-0.39, 0.29) is 0 Å². The minimum absolute atomic E-state index is 0.340. The molecule has 80 valence electrons. The Morgan fingerprint density at radius 3 is 2.81 bits per heavy atom. The second kappa shape index (κ2) is 3.30. The molecule has 1 aromatic heterocycles. The highest BCUT2D eigenvalue weighted by atomic mass is 16.4. The quantitative estimate of drug-likeness (QED) is 0.834. The van der Waals surface area contributed by atoms with Crippen LogP contribution in [-0.2, 0) is 0 Å². The number of rotatable bonds is 2. The van der Waals surface area contributed by atoms with Gasteiger partial charge < -0.3 is 5.11 Å². The van der Waals surface area contributed by atoms with Crippen LogP contribution in [0.25, 0.3) is 10.9 Å². The molecule has 16 heavy (non-hydrogen) atoms. The van der Waals surface area contributed by atoms with Gasteiger partial charge in [0.05, 0.1) is 11.1 Å². The highest BCUT2D eigenvalue weighted by Gasteiger charge is 2.24. The van der Waals surface area contributed by atoms with Gasteiger partial charge in [-0.1, -0.05) is 6.07 Å². The first kappa shape index (κ1) is 9.33. The Balaban J connectivity index is 2.25. The Morgan fingerprint density at radius 2 is 2.12 bits per heavy atom. The second-order valence-electron chi connectivity index (χ2n) is 4.21. The number of pyridine rings is 1. The number of carboxylic acid groups (broad SMARTS) is 1. The fraction of sp³-hybridized carbons (Fsp3) is 0.231. The third-order valence-electron chi connectivity index (χ3n) is 3.04. The molecule has 3 rings (SSSR count). The molecular formula is C13H11NO2. The van der Waals surface area contributed by atoms with Crippen molar-refractivity contribution in [2.45, 2.75) is 18.8 Å². The van der Waals surface area contributed by atoms with Gasteiger partial charge >= 0.3 is 5.97 Å². The summed E-state index contributed by atoms with van der Waals surface area (Å²) in [6.45, 7) is 0. The van der Waals surface area contributed by atoms with Crippen LogP contribution in [-0.4, -0.2) is 16.1 Å². The van der Waals surface area contributed by atoms with Crippen molar-refractivity contribution in [1.29, 1.82) is 0 Å². The summed E-state index contributed by atoms with van der Waals surface area (Å²) in [5.74, 6) is -0.258. The lowest BCUT2D eigenvalue weighted by Crippen LogP contribution is -1.98. The normalized spacial score (nSPS) is 15.2. The average molecular weight is 213 g/mol. The molecule has 0 unspecified atom stereocenters. The zero-order valence-electron chi connectivity index (χ0n) is 8.68. The Kier molecular flexibility index (Phi) is 1.93. The van der Waals surface area contributed by atoms with Crippen molar-refractivity contribution in [3.8, 4) is 0 Å². The Labute approximate surface area is 92.7 Å². The van der Waals surface area contributed by atoms with E-state index >= 15 is 0 Å². The van der Waals surface area contributed by atoms with Gasteiger partial charge in [0.2, 0.25) is 0 Å². The number of aromatic nitrogens is 1. The highest BCUT2D eigenvalue weighted by Crippen LogP contribution is 2.40.